The monoisotopic (exact) mass is 404 g/mol. The minimum Gasteiger partial charge on any atom is -0.367 e. The summed E-state index contributed by atoms with van der Waals surface area (Å²) >= 11 is 1.40. The van der Waals surface area contributed by atoms with Crippen molar-refractivity contribution < 1.29 is 4.79 Å². The molecule has 5 rings (SSSR count). The Morgan fingerprint density at radius 1 is 1.07 bits per heavy atom. The summed E-state index contributed by atoms with van der Waals surface area (Å²) in [6, 6.07) is 15.8. The normalized spacial score (nSPS) is 14.3. The van der Waals surface area contributed by atoms with Crippen molar-refractivity contribution in [3.8, 4) is 5.13 Å². The minimum absolute atomic E-state index is 0.216. The fraction of sp³-hybridized carbons (Fsp3) is 0.190. The number of anilines is 2. The first kappa shape index (κ1) is 17.8. The molecule has 0 spiro atoms. The Bertz CT molecular complexity index is 1130. The zero-order chi connectivity index (χ0) is 19.6. The molecule has 2 N–H and O–H groups in total. The molecule has 0 saturated carbocycles. The van der Waals surface area contributed by atoms with E-state index in [-0.39, 0.29) is 5.91 Å². The quantitative estimate of drug-likeness (QED) is 0.547. The first-order chi connectivity index (χ1) is 14.3. The number of nitrogens with zero attached hydrogens (tertiary/aromatic N) is 4. The molecular weight excluding hydrogens is 384 g/mol. The molecule has 0 bridgehead atoms. The summed E-state index contributed by atoms with van der Waals surface area (Å²) in [6.07, 6.45) is 1.93. The van der Waals surface area contributed by atoms with E-state index in [0.717, 1.165) is 48.5 Å². The van der Waals surface area contributed by atoms with Crippen LogP contribution in [0.15, 0.2) is 60.1 Å². The Labute approximate surface area is 172 Å². The molecular formula is C21H20N6OS. The summed E-state index contributed by atoms with van der Waals surface area (Å²) in [5.74, 6) is -0.216. The number of hydrogen-bond acceptors (Lipinski definition) is 6. The van der Waals surface area contributed by atoms with E-state index < -0.39 is 0 Å². The summed E-state index contributed by atoms with van der Waals surface area (Å²) in [5, 5.41) is 14.4. The predicted octanol–water partition coefficient (Wildman–Crippen LogP) is 3.14. The fourth-order valence-corrected chi connectivity index (χ4v) is 4.21. The lowest BCUT2D eigenvalue weighted by Crippen LogP contribution is -2.43. The molecule has 2 aromatic carbocycles. The van der Waals surface area contributed by atoms with Crippen LogP contribution in [0.5, 0.6) is 0 Å². The highest BCUT2D eigenvalue weighted by molar-refractivity contribution is 7.12. The second kappa shape index (κ2) is 7.65. The number of benzene rings is 2. The summed E-state index contributed by atoms with van der Waals surface area (Å²) < 4.78 is 1.72. The SMILES string of the molecule is O=C(Nc1ccccc1N1CCNCC1)c1csc(-n2cc3ccccc3n2)n1. The summed E-state index contributed by atoms with van der Waals surface area (Å²) in [5.41, 5.74) is 3.13. The van der Waals surface area contributed by atoms with Crippen LogP contribution in [0.1, 0.15) is 10.5 Å². The van der Waals surface area contributed by atoms with E-state index >= 15 is 0 Å². The van der Waals surface area contributed by atoms with Crippen LogP contribution in [0.3, 0.4) is 0 Å². The molecule has 1 aliphatic rings. The first-order valence-electron chi connectivity index (χ1n) is 9.54. The van der Waals surface area contributed by atoms with Gasteiger partial charge in [0.1, 0.15) is 5.69 Å². The van der Waals surface area contributed by atoms with E-state index in [1.165, 1.54) is 11.3 Å². The van der Waals surface area contributed by atoms with Crippen LogP contribution in [-0.2, 0) is 0 Å². The molecule has 2 aromatic heterocycles. The van der Waals surface area contributed by atoms with Crippen molar-refractivity contribution in [1.82, 2.24) is 20.1 Å². The van der Waals surface area contributed by atoms with Gasteiger partial charge in [0, 0.05) is 43.1 Å². The lowest BCUT2D eigenvalue weighted by atomic mass is 10.2. The Morgan fingerprint density at radius 3 is 2.72 bits per heavy atom. The molecule has 3 heterocycles. The van der Waals surface area contributed by atoms with Gasteiger partial charge in [0.2, 0.25) is 5.13 Å². The summed E-state index contributed by atoms with van der Waals surface area (Å²) in [4.78, 5) is 19.6. The topological polar surface area (TPSA) is 75.1 Å². The molecule has 29 heavy (non-hydrogen) atoms. The van der Waals surface area contributed by atoms with Gasteiger partial charge >= 0.3 is 0 Å². The lowest BCUT2D eigenvalue weighted by Gasteiger charge is -2.31. The van der Waals surface area contributed by atoms with Gasteiger partial charge in [0.05, 0.1) is 16.9 Å². The standard InChI is InChI=1S/C21H20N6OS/c28-20(23-17-7-3-4-8-19(17)26-11-9-22-10-12-26)18-14-29-21(24-18)27-13-15-5-1-2-6-16(15)25-27/h1-8,13-14,22H,9-12H2,(H,23,28). The Hall–Kier alpha value is -3.23. The molecule has 8 heteroatoms. The summed E-state index contributed by atoms with van der Waals surface area (Å²) in [7, 11) is 0. The molecule has 0 radical (unpaired) electrons. The van der Waals surface area contributed by atoms with Crippen LogP contribution in [0, 0.1) is 0 Å². The van der Waals surface area contributed by atoms with Crippen LogP contribution in [-0.4, -0.2) is 46.9 Å². The fourth-order valence-electron chi connectivity index (χ4n) is 3.48. The number of thiazole rings is 1. The van der Waals surface area contributed by atoms with Crippen LogP contribution < -0.4 is 15.5 Å². The van der Waals surface area contributed by atoms with Gasteiger partial charge in [-0.25, -0.2) is 9.67 Å². The van der Waals surface area contributed by atoms with Crippen molar-refractivity contribution >= 4 is 39.5 Å². The molecule has 1 amide bonds. The molecule has 0 atom stereocenters. The minimum atomic E-state index is -0.216. The van der Waals surface area contributed by atoms with Crippen molar-refractivity contribution in [3.05, 3.63) is 65.8 Å². The second-order valence-electron chi connectivity index (χ2n) is 6.86. The van der Waals surface area contributed by atoms with Crippen LogP contribution >= 0.6 is 11.3 Å². The highest BCUT2D eigenvalue weighted by atomic mass is 32.1. The van der Waals surface area contributed by atoms with E-state index in [4.69, 9.17) is 0 Å². The number of carbonyl (C=O) groups is 1. The van der Waals surface area contributed by atoms with Gasteiger partial charge in [-0.15, -0.1) is 11.3 Å². The van der Waals surface area contributed by atoms with Gasteiger partial charge in [-0.3, -0.25) is 4.79 Å². The third-order valence-corrected chi connectivity index (χ3v) is 5.77. The molecule has 146 valence electrons. The number of piperazine rings is 1. The number of rotatable bonds is 4. The van der Waals surface area contributed by atoms with E-state index in [9.17, 15) is 4.79 Å². The maximum absolute atomic E-state index is 12.8. The molecule has 0 unspecified atom stereocenters. The number of fused-ring (bicyclic) bond motifs is 1. The van der Waals surface area contributed by atoms with Crippen molar-refractivity contribution in [2.75, 3.05) is 36.4 Å². The Balaban J connectivity index is 1.37. The van der Waals surface area contributed by atoms with Gasteiger partial charge in [0.25, 0.3) is 5.91 Å². The predicted molar refractivity (Wildman–Crippen MR) is 116 cm³/mol. The second-order valence-corrected chi connectivity index (χ2v) is 7.69. The van der Waals surface area contributed by atoms with Crippen molar-refractivity contribution in [3.63, 3.8) is 0 Å². The third kappa shape index (κ3) is 3.59. The van der Waals surface area contributed by atoms with Crippen molar-refractivity contribution in [1.29, 1.82) is 0 Å². The molecule has 7 nitrogen and oxygen atoms in total. The first-order valence-corrected chi connectivity index (χ1v) is 10.4. The van der Waals surface area contributed by atoms with Crippen molar-refractivity contribution in [2.45, 2.75) is 0 Å². The average Bonchev–Trinajstić information content (AvgIpc) is 3.42. The molecule has 1 aliphatic heterocycles. The van der Waals surface area contributed by atoms with E-state index in [1.807, 2.05) is 54.7 Å². The number of amides is 1. The highest BCUT2D eigenvalue weighted by Gasteiger charge is 2.18. The zero-order valence-electron chi connectivity index (χ0n) is 15.7. The largest absolute Gasteiger partial charge is 0.367 e. The van der Waals surface area contributed by atoms with E-state index in [2.05, 4.69) is 25.6 Å². The van der Waals surface area contributed by atoms with Gasteiger partial charge in [-0.05, 0) is 18.2 Å². The Kier molecular flexibility index (Phi) is 4.71. The molecule has 0 aliphatic carbocycles. The van der Waals surface area contributed by atoms with E-state index in [1.54, 1.807) is 10.1 Å². The highest BCUT2D eigenvalue weighted by Crippen LogP contribution is 2.27. The maximum Gasteiger partial charge on any atom is 0.275 e. The van der Waals surface area contributed by atoms with Gasteiger partial charge < -0.3 is 15.5 Å². The van der Waals surface area contributed by atoms with Gasteiger partial charge in [-0.2, -0.15) is 5.10 Å². The van der Waals surface area contributed by atoms with E-state index in [0.29, 0.717) is 10.8 Å². The van der Waals surface area contributed by atoms with Crippen LogP contribution in [0.4, 0.5) is 11.4 Å². The zero-order valence-corrected chi connectivity index (χ0v) is 16.5. The van der Waals surface area contributed by atoms with Crippen molar-refractivity contribution in [2.24, 2.45) is 0 Å². The number of aromatic nitrogens is 3. The molecule has 1 fully saturated rings. The lowest BCUT2D eigenvalue weighted by molar-refractivity contribution is 0.102. The Morgan fingerprint density at radius 2 is 1.86 bits per heavy atom. The smallest absolute Gasteiger partial charge is 0.275 e. The number of carbonyl (C=O) groups excluding carboxylic acids is 1. The molecule has 1 saturated heterocycles. The van der Waals surface area contributed by atoms with Gasteiger partial charge in [0.15, 0.2) is 0 Å². The number of para-hydroxylation sites is 2. The molecule has 4 aromatic rings. The third-order valence-electron chi connectivity index (χ3n) is 4.94. The van der Waals surface area contributed by atoms with Crippen LogP contribution in [0.2, 0.25) is 0 Å². The number of nitrogens with one attached hydrogen (secondary N) is 2. The average molecular weight is 404 g/mol. The number of hydrogen-bond donors (Lipinski definition) is 2. The van der Waals surface area contributed by atoms with Gasteiger partial charge in [-0.1, -0.05) is 30.3 Å². The maximum atomic E-state index is 12.8. The van der Waals surface area contributed by atoms with Crippen LogP contribution in [0.25, 0.3) is 16.0 Å². The summed E-state index contributed by atoms with van der Waals surface area (Å²) in [6.45, 7) is 3.72.